The van der Waals surface area contributed by atoms with Crippen molar-refractivity contribution in [2.45, 2.75) is 13.2 Å². The van der Waals surface area contributed by atoms with Crippen molar-refractivity contribution in [3.63, 3.8) is 0 Å². The van der Waals surface area contributed by atoms with Gasteiger partial charge in [0.05, 0.1) is 5.56 Å². The van der Waals surface area contributed by atoms with Crippen LogP contribution >= 0.6 is 0 Å². The number of benzene rings is 3. The third-order valence-electron chi connectivity index (χ3n) is 4.55. The zero-order valence-corrected chi connectivity index (χ0v) is 17.3. The maximum absolute atomic E-state index is 14.3. The summed E-state index contributed by atoms with van der Waals surface area (Å²) < 4.78 is 43.3. The molecule has 0 N–H and O–H groups in total. The number of ether oxygens (including phenoxy) is 3. The van der Waals surface area contributed by atoms with Crippen LogP contribution in [0.25, 0.3) is 10.8 Å². The van der Waals surface area contributed by atoms with Crippen LogP contribution in [0.5, 0.6) is 5.75 Å². The van der Waals surface area contributed by atoms with Crippen LogP contribution in [0.15, 0.2) is 73.8 Å². The van der Waals surface area contributed by atoms with Gasteiger partial charge in [0, 0.05) is 17.7 Å². The lowest BCUT2D eigenvalue weighted by Crippen LogP contribution is -2.11. The van der Waals surface area contributed by atoms with E-state index < -0.39 is 41.9 Å². The number of rotatable bonds is 8. The van der Waals surface area contributed by atoms with Gasteiger partial charge in [-0.15, -0.1) is 0 Å². The smallest absolute Gasteiger partial charge is 0.343 e. The highest BCUT2D eigenvalue weighted by Crippen LogP contribution is 2.25. The van der Waals surface area contributed by atoms with Gasteiger partial charge in [-0.1, -0.05) is 31.4 Å². The maximum Gasteiger partial charge on any atom is 0.343 e. The fourth-order valence-electron chi connectivity index (χ4n) is 2.85. The van der Waals surface area contributed by atoms with Gasteiger partial charge in [0.25, 0.3) is 0 Å². The monoisotopic (exact) mass is 452 g/mol. The second-order valence-corrected chi connectivity index (χ2v) is 6.76. The summed E-state index contributed by atoms with van der Waals surface area (Å²) in [6.07, 6.45) is 1.96. The predicted octanol–water partition coefficient (Wildman–Crippen LogP) is 4.80. The SMILES string of the molecule is C=CC(=O)OCc1ccc2cc(C(=O)Oc3ccc(COC(=O)C=C)c(F)c3F)ccc2c1. The Balaban J connectivity index is 1.74. The highest BCUT2D eigenvalue weighted by Gasteiger charge is 2.19. The molecule has 0 unspecified atom stereocenters. The van der Waals surface area contributed by atoms with Crippen molar-refractivity contribution in [1.29, 1.82) is 0 Å². The van der Waals surface area contributed by atoms with Crippen molar-refractivity contribution >= 4 is 28.7 Å². The molecule has 0 aliphatic rings. The first-order chi connectivity index (χ1) is 15.8. The number of fused-ring (bicyclic) bond motifs is 1. The van der Waals surface area contributed by atoms with Gasteiger partial charge < -0.3 is 14.2 Å². The minimum atomic E-state index is -1.38. The Morgan fingerprint density at radius 1 is 0.788 bits per heavy atom. The summed E-state index contributed by atoms with van der Waals surface area (Å²) in [7, 11) is 0. The van der Waals surface area contributed by atoms with E-state index in [1.165, 1.54) is 12.1 Å². The molecule has 0 saturated carbocycles. The molecule has 0 fully saturated rings. The van der Waals surface area contributed by atoms with E-state index in [-0.39, 0.29) is 17.7 Å². The topological polar surface area (TPSA) is 78.9 Å². The van der Waals surface area contributed by atoms with Gasteiger partial charge in [-0.05, 0) is 46.7 Å². The lowest BCUT2D eigenvalue weighted by molar-refractivity contribution is -0.139. The molecule has 3 aromatic carbocycles. The normalized spacial score (nSPS) is 10.4. The molecule has 8 heteroatoms. The van der Waals surface area contributed by atoms with E-state index in [4.69, 9.17) is 9.47 Å². The Kier molecular flexibility index (Phi) is 7.30. The molecule has 0 saturated heterocycles. The zero-order valence-electron chi connectivity index (χ0n) is 17.3. The fraction of sp³-hybridized carbons (Fsp3) is 0.0800. The van der Waals surface area contributed by atoms with Gasteiger partial charge in [-0.2, -0.15) is 4.39 Å². The summed E-state index contributed by atoms with van der Waals surface area (Å²) in [5, 5.41) is 1.46. The van der Waals surface area contributed by atoms with Crippen LogP contribution in [-0.2, 0) is 32.3 Å². The first-order valence-electron chi connectivity index (χ1n) is 9.62. The summed E-state index contributed by atoms with van der Waals surface area (Å²) in [5.74, 6) is -5.48. The van der Waals surface area contributed by atoms with E-state index in [9.17, 15) is 23.2 Å². The van der Waals surface area contributed by atoms with Crippen LogP contribution in [-0.4, -0.2) is 17.9 Å². The van der Waals surface area contributed by atoms with Gasteiger partial charge in [0.1, 0.15) is 13.2 Å². The lowest BCUT2D eigenvalue weighted by Gasteiger charge is -2.10. The van der Waals surface area contributed by atoms with Crippen LogP contribution in [0, 0.1) is 11.6 Å². The first kappa shape index (κ1) is 23.3. The number of carbonyl (C=O) groups is 3. The van der Waals surface area contributed by atoms with Gasteiger partial charge >= 0.3 is 17.9 Å². The summed E-state index contributed by atoms with van der Waals surface area (Å²) in [4.78, 5) is 34.8. The molecule has 0 aromatic heterocycles. The minimum absolute atomic E-state index is 0.0677. The quantitative estimate of drug-likeness (QED) is 0.278. The van der Waals surface area contributed by atoms with Gasteiger partial charge in [-0.25, -0.2) is 18.8 Å². The summed E-state index contributed by atoms with van der Waals surface area (Å²) >= 11 is 0. The van der Waals surface area contributed by atoms with E-state index in [0.717, 1.165) is 35.2 Å². The molecule has 0 aliphatic heterocycles. The van der Waals surface area contributed by atoms with Crippen LogP contribution < -0.4 is 4.74 Å². The minimum Gasteiger partial charge on any atom is -0.458 e. The first-order valence-corrected chi connectivity index (χ1v) is 9.62. The largest absolute Gasteiger partial charge is 0.458 e. The molecule has 0 aliphatic carbocycles. The number of halogens is 2. The molecular formula is C25H18F2O6. The molecule has 6 nitrogen and oxygen atoms in total. The van der Waals surface area contributed by atoms with E-state index in [1.807, 2.05) is 0 Å². The van der Waals surface area contributed by atoms with Gasteiger partial charge in [-0.3, -0.25) is 0 Å². The summed E-state index contributed by atoms with van der Waals surface area (Å²) in [6, 6.07) is 12.1. The average molecular weight is 452 g/mol. The lowest BCUT2D eigenvalue weighted by atomic mass is 10.0. The van der Waals surface area contributed by atoms with Crippen molar-refractivity contribution in [3.05, 3.63) is 102 Å². The molecule has 0 spiro atoms. The molecular weight excluding hydrogens is 434 g/mol. The Morgan fingerprint density at radius 2 is 1.42 bits per heavy atom. The number of hydrogen-bond donors (Lipinski definition) is 0. The molecule has 33 heavy (non-hydrogen) atoms. The Bertz CT molecular complexity index is 1270. The Labute approximate surface area is 187 Å². The van der Waals surface area contributed by atoms with Crippen LogP contribution in [0.2, 0.25) is 0 Å². The third kappa shape index (κ3) is 5.68. The standard InChI is InChI=1S/C25H18F2O6/c1-3-21(28)31-13-15-5-6-17-12-18(8-7-16(17)11-15)25(30)33-20-10-9-19(23(26)24(20)27)14-32-22(29)4-2/h3-12H,1-2,13-14H2. The predicted molar refractivity (Wildman–Crippen MR) is 115 cm³/mol. The Hall–Kier alpha value is -4.33. The van der Waals surface area contributed by atoms with Crippen LogP contribution in [0.3, 0.4) is 0 Å². The average Bonchev–Trinajstić information content (AvgIpc) is 2.83. The highest BCUT2D eigenvalue weighted by atomic mass is 19.2. The molecule has 168 valence electrons. The fourth-order valence-corrected chi connectivity index (χ4v) is 2.85. The van der Waals surface area contributed by atoms with Crippen LogP contribution in [0.4, 0.5) is 8.78 Å². The van der Waals surface area contributed by atoms with E-state index in [0.29, 0.717) is 5.39 Å². The molecule has 3 aromatic rings. The highest BCUT2D eigenvalue weighted by molar-refractivity contribution is 5.96. The van der Waals surface area contributed by atoms with Gasteiger partial charge in [0.15, 0.2) is 11.6 Å². The summed E-state index contributed by atoms with van der Waals surface area (Å²) in [5.41, 5.74) is 0.643. The van der Waals surface area contributed by atoms with Crippen LogP contribution in [0.1, 0.15) is 21.5 Å². The molecule has 0 heterocycles. The molecule has 0 bridgehead atoms. The second kappa shape index (κ2) is 10.3. The number of carbonyl (C=O) groups excluding carboxylic acids is 3. The third-order valence-corrected chi connectivity index (χ3v) is 4.55. The number of hydrogen-bond acceptors (Lipinski definition) is 6. The second-order valence-electron chi connectivity index (χ2n) is 6.76. The Morgan fingerprint density at radius 3 is 2.12 bits per heavy atom. The maximum atomic E-state index is 14.3. The molecule has 0 radical (unpaired) electrons. The molecule has 0 atom stereocenters. The number of esters is 3. The van der Waals surface area contributed by atoms with E-state index >= 15 is 0 Å². The van der Waals surface area contributed by atoms with Crippen molar-refractivity contribution < 1.29 is 37.4 Å². The molecule has 0 amide bonds. The van der Waals surface area contributed by atoms with Gasteiger partial charge in [0.2, 0.25) is 5.82 Å². The van der Waals surface area contributed by atoms with E-state index in [2.05, 4.69) is 17.9 Å². The van der Waals surface area contributed by atoms with Crippen molar-refractivity contribution in [2.24, 2.45) is 0 Å². The van der Waals surface area contributed by atoms with Crippen molar-refractivity contribution in [2.75, 3.05) is 0 Å². The van der Waals surface area contributed by atoms with Crippen molar-refractivity contribution in [1.82, 2.24) is 0 Å². The summed E-state index contributed by atoms with van der Waals surface area (Å²) in [6.45, 7) is 6.10. The van der Waals surface area contributed by atoms with Crippen molar-refractivity contribution in [3.8, 4) is 5.75 Å². The zero-order chi connectivity index (χ0) is 24.0. The van der Waals surface area contributed by atoms with E-state index in [1.54, 1.807) is 24.3 Å². The molecule has 3 rings (SSSR count).